The van der Waals surface area contributed by atoms with Gasteiger partial charge in [-0.05, 0) is 0 Å². The first-order valence-corrected chi connectivity index (χ1v) is 10.9. The quantitative estimate of drug-likeness (QED) is 0.572. The van der Waals surface area contributed by atoms with E-state index in [1.165, 1.54) is 3.78 Å². The van der Waals surface area contributed by atoms with Crippen molar-refractivity contribution in [2.45, 2.75) is 30.8 Å². The van der Waals surface area contributed by atoms with Crippen molar-refractivity contribution in [3.8, 4) is 11.5 Å². The molecule has 0 aliphatic heterocycles. The second-order valence-corrected chi connectivity index (χ2v) is 12.3. The monoisotopic (exact) mass is 272 g/mol. The van der Waals surface area contributed by atoms with E-state index < -0.39 is 8.07 Å². The van der Waals surface area contributed by atoms with E-state index in [0.717, 1.165) is 5.32 Å². The van der Waals surface area contributed by atoms with Crippen LogP contribution in [-0.4, -0.2) is 8.07 Å². The van der Waals surface area contributed by atoms with Crippen molar-refractivity contribution >= 4 is 23.2 Å². The minimum absolute atomic E-state index is 0.397. The van der Waals surface area contributed by atoms with Crippen LogP contribution in [0.1, 0.15) is 0 Å². The van der Waals surface area contributed by atoms with Gasteiger partial charge < -0.3 is 0 Å². The third kappa shape index (κ3) is 4.48. The van der Waals surface area contributed by atoms with E-state index in [4.69, 9.17) is 0 Å². The first-order chi connectivity index (χ1) is 6.49. The molecule has 0 saturated heterocycles. The Labute approximate surface area is 96.6 Å². The average molecular weight is 273 g/mol. The normalized spacial score (nSPS) is 11.9. The molecule has 0 unspecified atom stereocenters. The van der Waals surface area contributed by atoms with Gasteiger partial charge in [0.1, 0.15) is 0 Å². The number of rotatable bonds is 2. The van der Waals surface area contributed by atoms with E-state index in [0.29, 0.717) is 13.9 Å². The van der Waals surface area contributed by atoms with Crippen LogP contribution in [0, 0.1) is 11.5 Å². The molecule has 0 spiro atoms. The van der Waals surface area contributed by atoms with E-state index in [1.807, 2.05) is 11.3 Å². The Morgan fingerprint density at radius 3 is 2.64 bits per heavy atom. The molecule has 0 radical (unpaired) electrons. The molecule has 1 aromatic heterocycles. The summed E-state index contributed by atoms with van der Waals surface area (Å²) >= 11 is 2.24. The van der Waals surface area contributed by atoms with Gasteiger partial charge >= 0.3 is 96.8 Å². The Morgan fingerprint density at radius 2 is 2.14 bits per heavy atom. The molecule has 1 aromatic rings. The van der Waals surface area contributed by atoms with Crippen LogP contribution in [0.5, 0.6) is 0 Å². The van der Waals surface area contributed by atoms with Gasteiger partial charge in [-0.15, -0.1) is 0 Å². The van der Waals surface area contributed by atoms with Crippen LogP contribution < -0.4 is 3.78 Å². The summed E-state index contributed by atoms with van der Waals surface area (Å²) in [5.41, 5.74) is 3.41. The Bertz CT molecular complexity index is 326. The van der Waals surface area contributed by atoms with Crippen LogP contribution in [0.15, 0.2) is 17.5 Å². The molecule has 0 aliphatic carbocycles. The number of hydrogen-bond acceptors (Lipinski definition) is 1. The van der Waals surface area contributed by atoms with Gasteiger partial charge in [0, 0.05) is 0 Å². The van der Waals surface area contributed by atoms with Crippen molar-refractivity contribution in [3.05, 3.63) is 17.5 Å². The fourth-order valence-corrected chi connectivity index (χ4v) is 3.92. The Morgan fingerprint density at radius 1 is 1.43 bits per heavy atom. The molecule has 14 heavy (non-hydrogen) atoms. The first kappa shape index (κ1) is 12.1. The van der Waals surface area contributed by atoms with Gasteiger partial charge in [0.25, 0.3) is 0 Å². The second kappa shape index (κ2) is 5.18. The Hall–Kier alpha value is -0.00364. The van der Waals surface area contributed by atoms with Gasteiger partial charge in [-0.2, -0.15) is 0 Å². The van der Waals surface area contributed by atoms with Crippen LogP contribution in [0.2, 0.25) is 30.8 Å². The van der Waals surface area contributed by atoms with Crippen molar-refractivity contribution < 1.29 is 13.9 Å². The molecule has 1 heterocycles. The van der Waals surface area contributed by atoms with E-state index in [-0.39, 0.29) is 0 Å². The van der Waals surface area contributed by atoms with Gasteiger partial charge in [-0.25, -0.2) is 0 Å². The molecule has 3 heteroatoms. The zero-order valence-electron chi connectivity index (χ0n) is 9.15. The molecule has 0 aromatic carbocycles. The molecule has 1 rings (SSSR count). The third-order valence-corrected chi connectivity index (χ3v) is 5.77. The molecule has 0 bridgehead atoms. The molecule has 0 N–H and O–H groups in total. The van der Waals surface area contributed by atoms with Crippen LogP contribution in [-0.2, 0) is 13.9 Å². The summed E-state index contributed by atoms with van der Waals surface area (Å²) in [6.07, 6.45) is 0. The van der Waals surface area contributed by atoms with E-state index in [2.05, 4.69) is 54.4 Å². The second-order valence-electron chi connectivity index (χ2n) is 4.01. The molecule has 0 fully saturated rings. The Kier molecular flexibility index (Phi) is 4.47. The van der Waals surface area contributed by atoms with Crippen molar-refractivity contribution in [1.82, 2.24) is 0 Å². The molecule has 0 atom stereocenters. The molecule has 0 saturated carbocycles. The van der Waals surface area contributed by atoms with Crippen molar-refractivity contribution in [1.29, 1.82) is 0 Å². The van der Waals surface area contributed by atoms with Crippen molar-refractivity contribution in [2.75, 3.05) is 0 Å². The van der Waals surface area contributed by atoms with Gasteiger partial charge in [0.15, 0.2) is 0 Å². The van der Waals surface area contributed by atoms with E-state index >= 15 is 0 Å². The fourth-order valence-electron chi connectivity index (χ4n) is 0.817. The molecular weight excluding hydrogens is 256 g/mol. The van der Waals surface area contributed by atoms with Crippen LogP contribution >= 0.6 is 11.3 Å². The summed E-state index contributed by atoms with van der Waals surface area (Å²) < 4.78 is 1.47. The maximum atomic E-state index is 3.41. The molecular formula is C11H17CuSSi. The summed E-state index contributed by atoms with van der Waals surface area (Å²) in [5.74, 6) is 5.62. The molecule has 0 aliphatic rings. The van der Waals surface area contributed by atoms with E-state index in [1.54, 1.807) is 0 Å². The molecule has 0 amide bonds. The van der Waals surface area contributed by atoms with Crippen molar-refractivity contribution in [2.24, 2.45) is 0 Å². The summed E-state index contributed by atoms with van der Waals surface area (Å²) in [6.45, 7) is 6.87. The van der Waals surface area contributed by atoms with Crippen LogP contribution in [0.3, 0.4) is 0 Å². The first-order valence-electron chi connectivity index (χ1n) is 4.41. The predicted molar refractivity (Wildman–Crippen MR) is 65.7 cm³/mol. The fraction of sp³-hybridized carbons (Fsp3) is 0.455. The van der Waals surface area contributed by atoms with Gasteiger partial charge in [0.2, 0.25) is 0 Å². The van der Waals surface area contributed by atoms with Crippen molar-refractivity contribution in [3.63, 3.8) is 0 Å². The minimum atomic E-state index is -1.16. The van der Waals surface area contributed by atoms with Crippen LogP contribution in [0.4, 0.5) is 0 Å². The summed E-state index contributed by atoms with van der Waals surface area (Å²) in [7, 11) is -1.16. The van der Waals surface area contributed by atoms with Gasteiger partial charge in [-0.1, -0.05) is 0 Å². The zero-order chi connectivity index (χ0) is 10.6. The maximum absolute atomic E-state index is 3.41. The topological polar surface area (TPSA) is 0 Å². The summed E-state index contributed by atoms with van der Waals surface area (Å²) in [4.78, 5) is 0. The molecule has 0 nitrogen and oxygen atoms in total. The van der Waals surface area contributed by atoms with Gasteiger partial charge in [-0.3, -0.25) is 0 Å². The third-order valence-electron chi connectivity index (χ3n) is 1.39. The Balaban J connectivity index is 2.50. The number of hydrogen-bond donors (Lipinski definition) is 0. The van der Waals surface area contributed by atoms with E-state index in [9.17, 15) is 0 Å². The van der Waals surface area contributed by atoms with Crippen LogP contribution in [0.25, 0.3) is 0 Å². The molecule has 82 valence electrons. The summed E-state index contributed by atoms with van der Waals surface area (Å²) in [6, 6.07) is 4.33. The van der Waals surface area contributed by atoms with Gasteiger partial charge in [0.05, 0.1) is 0 Å². The SMILES string of the molecule is [CH3][Cu]([CH2]C#C[Si](C)(C)C)[c]1cccs1. The average Bonchev–Trinajstić information content (AvgIpc) is 2.53. The number of thiophene rings is 1. The standard InChI is InChI=1S/C6H11Si.C4H3S.CH3.Cu/c1-5-6-7(2,3)4;1-2-4-5-3-1;;/h1H2,2-4H3;1-3H;1H3;. The summed E-state index contributed by atoms with van der Waals surface area (Å²) in [5, 5.41) is 3.17. The predicted octanol–water partition coefficient (Wildman–Crippen LogP) is 3.34. The zero-order valence-corrected chi connectivity index (χ0v) is 11.9.